The number of ether oxygens (including phenoxy) is 6. The lowest BCUT2D eigenvalue weighted by Gasteiger charge is -2.41. The van der Waals surface area contributed by atoms with Crippen LogP contribution in [0.15, 0.2) is 106 Å². The summed E-state index contributed by atoms with van der Waals surface area (Å²) in [5, 5.41) is 0. The van der Waals surface area contributed by atoms with E-state index in [1.54, 1.807) is 7.05 Å². The first kappa shape index (κ1) is 48.8. The molecule has 0 saturated carbocycles. The van der Waals surface area contributed by atoms with Crippen molar-refractivity contribution in [3.05, 3.63) is 106 Å². The Hall–Kier alpha value is -5.85. The number of nitrogens with zero attached hydrogens (tertiary/aromatic N) is 3. The second-order valence-electron chi connectivity index (χ2n) is 15.1. The van der Waals surface area contributed by atoms with E-state index >= 15 is 0 Å². The van der Waals surface area contributed by atoms with Gasteiger partial charge in [-0.2, -0.15) is 0 Å². The van der Waals surface area contributed by atoms with Crippen molar-refractivity contribution in [2.75, 3.05) is 66.5 Å². The molecule has 5 aliphatic heterocycles. The molecule has 1 fully saturated rings. The van der Waals surface area contributed by atoms with E-state index in [0.29, 0.717) is 43.2 Å². The lowest BCUT2D eigenvalue weighted by molar-refractivity contribution is -0.157. The molecular formula is C47H58BN3O11. The molecule has 1 aliphatic carbocycles. The van der Waals surface area contributed by atoms with Gasteiger partial charge in [0.1, 0.15) is 18.1 Å². The Morgan fingerprint density at radius 2 is 1.63 bits per heavy atom. The van der Waals surface area contributed by atoms with Gasteiger partial charge in [0, 0.05) is 67.9 Å². The molecule has 6 aliphatic rings. The summed E-state index contributed by atoms with van der Waals surface area (Å²) in [6, 6.07) is 0. The molecule has 0 N–H and O–H groups in total. The largest absolute Gasteiger partial charge is 0.484 e. The van der Waals surface area contributed by atoms with Gasteiger partial charge in [0.05, 0.1) is 32.8 Å². The van der Waals surface area contributed by atoms with Gasteiger partial charge in [0.15, 0.2) is 24.9 Å². The van der Waals surface area contributed by atoms with Crippen molar-refractivity contribution < 1.29 is 52.4 Å². The van der Waals surface area contributed by atoms with E-state index in [2.05, 4.69) is 56.9 Å². The van der Waals surface area contributed by atoms with Crippen LogP contribution in [-0.2, 0) is 52.4 Å². The van der Waals surface area contributed by atoms with Gasteiger partial charge in [-0.15, -0.1) is 12.8 Å². The van der Waals surface area contributed by atoms with Crippen LogP contribution >= 0.6 is 0 Å². The molecule has 14 nitrogen and oxygen atoms in total. The average molecular weight is 852 g/mol. The fraction of sp³-hybridized carbons (Fsp3) is 0.468. The summed E-state index contributed by atoms with van der Waals surface area (Å²) >= 11 is 0. The number of ketones is 1. The Morgan fingerprint density at radius 3 is 2.29 bits per heavy atom. The predicted molar refractivity (Wildman–Crippen MR) is 233 cm³/mol. The highest BCUT2D eigenvalue weighted by atomic mass is 16.7. The number of cyclic esters (lactones) is 1. The monoisotopic (exact) mass is 851 g/mol. The van der Waals surface area contributed by atoms with Crippen molar-refractivity contribution in [1.82, 2.24) is 14.7 Å². The Kier molecular flexibility index (Phi) is 18.0. The van der Waals surface area contributed by atoms with E-state index in [1.807, 2.05) is 13.0 Å². The van der Waals surface area contributed by atoms with Crippen molar-refractivity contribution in [3.63, 3.8) is 0 Å². The fourth-order valence-corrected chi connectivity index (χ4v) is 7.36. The first-order valence-electron chi connectivity index (χ1n) is 20.8. The molecule has 0 bridgehead atoms. The molecule has 1 atom stereocenters. The second kappa shape index (κ2) is 22.8. The van der Waals surface area contributed by atoms with Crippen LogP contribution < -0.4 is 0 Å². The zero-order valence-electron chi connectivity index (χ0n) is 36.7. The summed E-state index contributed by atoms with van der Waals surface area (Å²) in [7, 11) is 8.39. The van der Waals surface area contributed by atoms with E-state index in [0.717, 1.165) is 59.8 Å². The van der Waals surface area contributed by atoms with Gasteiger partial charge in [-0.25, -0.2) is 4.79 Å². The van der Waals surface area contributed by atoms with Crippen LogP contribution in [0.4, 0.5) is 0 Å². The zero-order valence-corrected chi connectivity index (χ0v) is 36.7. The highest BCUT2D eigenvalue weighted by Gasteiger charge is 2.48. The number of imide groups is 1. The molecule has 3 amide bonds. The number of unbranched alkanes of at least 4 members (excludes halogenated alkanes) is 1. The van der Waals surface area contributed by atoms with Gasteiger partial charge in [-0.3, -0.25) is 24.1 Å². The van der Waals surface area contributed by atoms with Gasteiger partial charge in [-0.05, 0) is 80.1 Å². The molecule has 5 heterocycles. The fourth-order valence-electron chi connectivity index (χ4n) is 7.36. The minimum absolute atomic E-state index is 0.0255. The molecule has 0 spiro atoms. The summed E-state index contributed by atoms with van der Waals surface area (Å²) in [4.78, 5) is 63.0. The molecular weight excluding hydrogens is 793 g/mol. The van der Waals surface area contributed by atoms with Gasteiger partial charge in [0.2, 0.25) is 12.7 Å². The normalized spacial score (nSPS) is 20.5. The number of fused-ring (bicyclic) bond motifs is 2. The molecule has 0 aromatic rings. The highest BCUT2D eigenvalue weighted by Crippen LogP contribution is 2.47. The molecule has 330 valence electrons. The number of amides is 3. The van der Waals surface area contributed by atoms with E-state index in [-0.39, 0.29) is 75.2 Å². The first-order valence-corrected chi connectivity index (χ1v) is 20.8. The van der Waals surface area contributed by atoms with Crippen molar-refractivity contribution in [3.8, 4) is 12.8 Å². The minimum Gasteiger partial charge on any atom is -0.484 e. The maximum absolute atomic E-state index is 13.3. The van der Waals surface area contributed by atoms with Crippen LogP contribution in [0.1, 0.15) is 72.6 Å². The lowest BCUT2D eigenvalue weighted by Crippen LogP contribution is -2.51. The number of carbonyl (C=O) groups excluding carboxylic acids is 5. The van der Waals surface area contributed by atoms with E-state index in [1.165, 1.54) is 40.7 Å². The summed E-state index contributed by atoms with van der Waals surface area (Å²) in [5.41, 5.74) is 5.64. The minimum atomic E-state index is -1.96. The Labute approximate surface area is 366 Å². The first-order chi connectivity index (χ1) is 29.7. The van der Waals surface area contributed by atoms with Crippen molar-refractivity contribution in [2.24, 2.45) is 0 Å². The summed E-state index contributed by atoms with van der Waals surface area (Å²) in [5.74, 6) is 0.152. The van der Waals surface area contributed by atoms with Crippen LogP contribution in [0, 0.1) is 12.8 Å². The van der Waals surface area contributed by atoms with Crippen molar-refractivity contribution in [1.29, 1.82) is 0 Å². The standard InChI is InChI=1S/C37H47BN2O8.C8H9NO3.C2H2/c1-7-9-10-28(27-11-12-33-34(18-27)47-23-46-33)29-21-40-26(5)30-22-45-36(42)37(38,31(30)19-32(40)25(29)4)48-24(3)20-39(6)35(41)13-15-44-17-16-43-14-8-2;1-6(10)4-5-9-7(11)2-3-8(9)12;1-2/h12,18-19H,3,5,7-11,13-17,20-23H2,1-2,4,6H3;2-3H,4-5H2,1H3;1-2H/b28-27+;;/t37-;;/m0../s1. The molecule has 6 rings (SSSR count). The molecule has 62 heavy (non-hydrogen) atoms. The van der Waals surface area contributed by atoms with Gasteiger partial charge in [0.25, 0.3) is 11.8 Å². The Morgan fingerprint density at radius 1 is 0.952 bits per heavy atom. The van der Waals surface area contributed by atoms with Gasteiger partial charge in [-0.1, -0.05) is 33.4 Å². The lowest BCUT2D eigenvalue weighted by atomic mass is 9.70. The van der Waals surface area contributed by atoms with Crippen LogP contribution in [0.2, 0.25) is 0 Å². The van der Waals surface area contributed by atoms with Gasteiger partial charge >= 0.3 is 5.97 Å². The number of hydrogen-bond donors (Lipinski definition) is 0. The number of hydrogen-bond acceptors (Lipinski definition) is 12. The topological polar surface area (TPSA) is 150 Å². The van der Waals surface area contributed by atoms with Crippen LogP contribution in [0.5, 0.6) is 0 Å². The summed E-state index contributed by atoms with van der Waals surface area (Å²) in [6.07, 6.45) is 21.7. The molecule has 0 aromatic carbocycles. The third kappa shape index (κ3) is 11.7. The number of likely N-dealkylation sites (N-methyl/N-ethyl adjacent to an activating group) is 1. The molecule has 0 aromatic heterocycles. The van der Waals surface area contributed by atoms with Crippen molar-refractivity contribution in [2.45, 2.75) is 78.1 Å². The highest BCUT2D eigenvalue weighted by molar-refractivity contribution is 6.30. The maximum atomic E-state index is 13.3. The van der Waals surface area contributed by atoms with Crippen molar-refractivity contribution >= 4 is 37.3 Å². The van der Waals surface area contributed by atoms with Crippen LogP contribution in [-0.4, -0.2) is 124 Å². The second-order valence-corrected chi connectivity index (χ2v) is 15.1. The summed E-state index contributed by atoms with van der Waals surface area (Å²) in [6.45, 7) is 19.2. The van der Waals surface area contributed by atoms with Crippen LogP contribution in [0.25, 0.3) is 0 Å². The Bertz CT molecular complexity index is 2030. The maximum Gasteiger partial charge on any atom is 0.344 e. The van der Waals surface area contributed by atoms with E-state index in [9.17, 15) is 24.0 Å². The molecule has 2 radical (unpaired) electrons. The Balaban J connectivity index is 0.000000516. The average Bonchev–Trinajstić information content (AvgIpc) is 3.95. The quantitative estimate of drug-likeness (QED) is 0.0411. The third-order valence-electron chi connectivity index (χ3n) is 10.7. The SMILES string of the molecule is C#C.CC(=O)CCN1C(=O)C=CC1=O.[B][C@@]1(OC(=C)CN(C)C(=O)CCOCCOCCC)C(=O)OCC2=C1C=C1C(C)=C(/C(CCCC)=C3/C=C4OCOC4=CC3)CN1C2=C. The summed E-state index contributed by atoms with van der Waals surface area (Å²) < 4.78 is 33.8. The zero-order chi connectivity index (χ0) is 45.6. The number of rotatable bonds is 19. The predicted octanol–water partition coefficient (Wildman–Crippen LogP) is 5.37. The smallest absolute Gasteiger partial charge is 0.344 e. The number of carbonyl (C=O) groups is 5. The number of allylic oxidation sites excluding steroid dienone is 4. The van der Waals surface area contributed by atoms with Crippen LogP contribution in [0.3, 0.4) is 0 Å². The molecule has 15 heteroatoms. The third-order valence-corrected chi connectivity index (χ3v) is 10.7. The molecule has 1 saturated heterocycles. The van der Waals surface area contributed by atoms with E-state index in [4.69, 9.17) is 36.3 Å². The number of terminal acetylenes is 1. The van der Waals surface area contributed by atoms with Gasteiger partial charge < -0.3 is 38.2 Å². The number of Topliss-reactive ketones (excluding diaryl/α,β-unsaturated/α-hetero) is 1. The van der Waals surface area contributed by atoms with E-state index < -0.39 is 11.5 Å². The number of esters is 1. The molecule has 0 unspecified atom stereocenters.